The van der Waals surface area contributed by atoms with Crippen LogP contribution in [-0.2, 0) is 14.6 Å². The highest BCUT2D eigenvalue weighted by molar-refractivity contribution is 7.92. The van der Waals surface area contributed by atoms with E-state index in [9.17, 15) is 13.2 Å². The van der Waals surface area contributed by atoms with Crippen LogP contribution in [0.1, 0.15) is 33.1 Å². The van der Waals surface area contributed by atoms with Gasteiger partial charge in [-0.15, -0.1) is 0 Å². The summed E-state index contributed by atoms with van der Waals surface area (Å²) in [4.78, 5) is 13.8. The number of nitrogens with zero attached hydrogens (tertiary/aromatic N) is 1. The summed E-state index contributed by atoms with van der Waals surface area (Å²) in [7, 11) is -3.28. The quantitative estimate of drug-likeness (QED) is 0.817. The molecule has 0 aromatic heterocycles. The van der Waals surface area contributed by atoms with Gasteiger partial charge in [0.1, 0.15) is 5.75 Å². The van der Waals surface area contributed by atoms with E-state index < -0.39 is 15.1 Å². The molecule has 2 aliphatic rings. The molecule has 110 valence electrons. The fourth-order valence-electron chi connectivity index (χ4n) is 2.88. The number of nitrogens with one attached hydrogen (secondary N) is 1. The van der Waals surface area contributed by atoms with Gasteiger partial charge in [-0.1, -0.05) is 0 Å². The van der Waals surface area contributed by atoms with Crippen LogP contribution in [0.3, 0.4) is 0 Å². The molecule has 0 bridgehead atoms. The second-order valence-electron chi connectivity index (χ2n) is 6.16. The Kier molecular flexibility index (Phi) is 4.20. The number of sulfone groups is 1. The summed E-state index contributed by atoms with van der Waals surface area (Å²) in [5.74, 6) is -0.565. The molecule has 0 atom stereocenters. The molecule has 1 N–H and O–H groups in total. The maximum Gasteiger partial charge on any atom is 0.237 e. The third-order valence-electron chi connectivity index (χ3n) is 4.55. The van der Waals surface area contributed by atoms with Gasteiger partial charge in [0.2, 0.25) is 5.91 Å². The van der Waals surface area contributed by atoms with E-state index >= 15 is 0 Å². The molecule has 2 rings (SSSR count). The molecule has 2 heterocycles. The maximum atomic E-state index is 12.1. The summed E-state index contributed by atoms with van der Waals surface area (Å²) in [6, 6.07) is 0. The minimum atomic E-state index is -3.28. The SMILES string of the molecule is CC(C)S(=O)(=O)CC(=O)N1CCC2(CCNC2)CC1. The van der Waals surface area contributed by atoms with Crippen LogP contribution in [0.25, 0.3) is 0 Å². The monoisotopic (exact) mass is 288 g/mol. The largest absolute Gasteiger partial charge is 0.342 e. The molecule has 6 heteroatoms. The molecule has 0 aromatic rings. The van der Waals surface area contributed by atoms with Crippen molar-refractivity contribution in [3.8, 4) is 0 Å². The van der Waals surface area contributed by atoms with Crippen LogP contribution in [0.15, 0.2) is 0 Å². The van der Waals surface area contributed by atoms with Crippen LogP contribution in [0.4, 0.5) is 0 Å². The van der Waals surface area contributed by atoms with Gasteiger partial charge in [-0.2, -0.15) is 0 Å². The third-order valence-corrected chi connectivity index (χ3v) is 6.64. The molecule has 1 spiro atoms. The van der Waals surface area contributed by atoms with Gasteiger partial charge >= 0.3 is 0 Å². The average molecular weight is 288 g/mol. The number of amides is 1. The topological polar surface area (TPSA) is 66.5 Å². The van der Waals surface area contributed by atoms with Crippen molar-refractivity contribution in [2.24, 2.45) is 5.41 Å². The van der Waals surface area contributed by atoms with E-state index in [-0.39, 0.29) is 11.7 Å². The van der Waals surface area contributed by atoms with Crippen molar-refractivity contribution in [2.45, 2.75) is 38.4 Å². The number of carbonyl (C=O) groups is 1. The van der Waals surface area contributed by atoms with Gasteiger partial charge in [0.25, 0.3) is 0 Å². The molecule has 5 nitrogen and oxygen atoms in total. The fraction of sp³-hybridized carbons (Fsp3) is 0.923. The Balaban J connectivity index is 1.89. The average Bonchev–Trinajstić information content (AvgIpc) is 2.77. The zero-order valence-corrected chi connectivity index (χ0v) is 12.6. The fourth-order valence-corrected chi connectivity index (χ4v) is 3.74. The predicted molar refractivity (Wildman–Crippen MR) is 74.7 cm³/mol. The number of rotatable bonds is 3. The molecular weight excluding hydrogens is 264 g/mol. The first-order valence-electron chi connectivity index (χ1n) is 7.05. The van der Waals surface area contributed by atoms with Crippen LogP contribution in [0.2, 0.25) is 0 Å². The van der Waals surface area contributed by atoms with E-state index in [1.165, 1.54) is 6.42 Å². The van der Waals surface area contributed by atoms with Crippen LogP contribution in [-0.4, -0.2) is 56.4 Å². The highest BCUT2D eigenvalue weighted by atomic mass is 32.2. The minimum absolute atomic E-state index is 0.227. The lowest BCUT2D eigenvalue weighted by atomic mass is 9.78. The van der Waals surface area contributed by atoms with E-state index in [0.29, 0.717) is 18.5 Å². The minimum Gasteiger partial charge on any atom is -0.342 e. The van der Waals surface area contributed by atoms with Crippen LogP contribution in [0.5, 0.6) is 0 Å². The summed E-state index contributed by atoms with van der Waals surface area (Å²) in [6.45, 7) is 6.76. The molecule has 0 aliphatic carbocycles. The van der Waals surface area contributed by atoms with Crippen LogP contribution in [0, 0.1) is 5.41 Å². The zero-order chi connectivity index (χ0) is 14.1. The molecule has 19 heavy (non-hydrogen) atoms. The first kappa shape index (κ1) is 14.8. The third kappa shape index (κ3) is 3.28. The van der Waals surface area contributed by atoms with Crippen molar-refractivity contribution >= 4 is 15.7 Å². The van der Waals surface area contributed by atoms with Gasteiger partial charge in [-0.05, 0) is 45.1 Å². The molecule has 2 fully saturated rings. The molecule has 2 saturated heterocycles. The van der Waals surface area contributed by atoms with Crippen molar-refractivity contribution < 1.29 is 13.2 Å². The molecular formula is C13H24N2O3S. The Morgan fingerprint density at radius 1 is 1.26 bits per heavy atom. The second-order valence-corrected chi connectivity index (χ2v) is 8.72. The number of piperidine rings is 1. The molecule has 1 amide bonds. The zero-order valence-electron chi connectivity index (χ0n) is 11.8. The molecule has 0 unspecified atom stereocenters. The van der Waals surface area contributed by atoms with Crippen LogP contribution < -0.4 is 5.32 Å². The Morgan fingerprint density at radius 2 is 1.89 bits per heavy atom. The van der Waals surface area contributed by atoms with Crippen molar-refractivity contribution in [1.29, 1.82) is 0 Å². The Bertz CT molecular complexity index is 429. The maximum absolute atomic E-state index is 12.1. The predicted octanol–water partition coefficient (Wildman–Crippen LogP) is 0.412. The van der Waals surface area contributed by atoms with Gasteiger partial charge in [-0.3, -0.25) is 4.79 Å². The Labute approximate surface area is 115 Å². The number of hydrogen-bond donors (Lipinski definition) is 1. The highest BCUT2D eigenvalue weighted by Gasteiger charge is 2.38. The van der Waals surface area contributed by atoms with E-state index in [1.54, 1.807) is 18.7 Å². The van der Waals surface area contributed by atoms with E-state index in [4.69, 9.17) is 0 Å². The lowest BCUT2D eigenvalue weighted by Gasteiger charge is -2.38. The number of likely N-dealkylation sites (tertiary alicyclic amines) is 1. The standard InChI is InChI=1S/C13H24N2O3S/c1-11(2)19(17,18)9-12(16)15-7-4-13(5-8-15)3-6-14-10-13/h11,14H,3-10H2,1-2H3. The highest BCUT2D eigenvalue weighted by Crippen LogP contribution is 2.36. The second kappa shape index (κ2) is 5.40. The molecule has 0 aromatic carbocycles. The van der Waals surface area contributed by atoms with Crippen molar-refractivity contribution in [2.75, 3.05) is 31.9 Å². The first-order valence-corrected chi connectivity index (χ1v) is 8.76. The van der Waals surface area contributed by atoms with Gasteiger partial charge in [0, 0.05) is 19.6 Å². The van der Waals surface area contributed by atoms with Gasteiger partial charge in [0.05, 0.1) is 5.25 Å². The summed E-state index contributed by atoms with van der Waals surface area (Å²) >= 11 is 0. The number of carbonyl (C=O) groups excluding carboxylic acids is 1. The molecule has 2 aliphatic heterocycles. The summed E-state index contributed by atoms with van der Waals surface area (Å²) in [6.07, 6.45) is 3.17. The summed E-state index contributed by atoms with van der Waals surface area (Å²) in [5, 5.41) is 2.90. The molecule has 0 radical (unpaired) electrons. The summed E-state index contributed by atoms with van der Waals surface area (Å²) < 4.78 is 23.6. The van der Waals surface area contributed by atoms with E-state index in [2.05, 4.69) is 5.32 Å². The number of hydrogen-bond acceptors (Lipinski definition) is 4. The summed E-state index contributed by atoms with van der Waals surface area (Å²) in [5.41, 5.74) is 0.355. The van der Waals surface area contributed by atoms with Crippen LogP contribution >= 0.6 is 0 Å². The Hall–Kier alpha value is -0.620. The molecule has 0 saturated carbocycles. The van der Waals surface area contributed by atoms with Gasteiger partial charge in [-0.25, -0.2) is 8.42 Å². The lowest BCUT2D eigenvalue weighted by Crippen LogP contribution is -2.46. The van der Waals surface area contributed by atoms with E-state index in [0.717, 1.165) is 25.9 Å². The van der Waals surface area contributed by atoms with Crippen molar-refractivity contribution in [3.63, 3.8) is 0 Å². The smallest absolute Gasteiger partial charge is 0.237 e. The Morgan fingerprint density at radius 3 is 2.37 bits per heavy atom. The lowest BCUT2D eigenvalue weighted by molar-refractivity contribution is -0.130. The van der Waals surface area contributed by atoms with E-state index in [1.807, 2.05) is 0 Å². The van der Waals surface area contributed by atoms with Crippen molar-refractivity contribution in [3.05, 3.63) is 0 Å². The first-order chi connectivity index (χ1) is 8.85. The normalized spacial score (nSPS) is 23.2. The van der Waals surface area contributed by atoms with Gasteiger partial charge in [0.15, 0.2) is 9.84 Å². The van der Waals surface area contributed by atoms with Crippen molar-refractivity contribution in [1.82, 2.24) is 10.2 Å². The van der Waals surface area contributed by atoms with Gasteiger partial charge < -0.3 is 10.2 Å².